The number of rotatable bonds is 2. The highest BCUT2D eigenvalue weighted by molar-refractivity contribution is 6.30. The zero-order valence-electron chi connectivity index (χ0n) is 9.01. The van der Waals surface area contributed by atoms with Gasteiger partial charge in [-0.3, -0.25) is 4.79 Å². The van der Waals surface area contributed by atoms with E-state index < -0.39 is 0 Å². The molecule has 1 aliphatic rings. The average molecular weight is 227 g/mol. The molecule has 0 saturated carbocycles. The molecule has 4 heteroatoms. The Hall–Kier alpha value is -1.09. The third-order valence-electron chi connectivity index (χ3n) is 2.14. The normalized spacial score (nSPS) is 27.3. The molecule has 0 unspecified atom stereocenters. The average Bonchev–Trinajstić information content (AvgIpc) is 2.15. The Bertz CT molecular complexity index is 342. The van der Waals surface area contributed by atoms with Crippen LogP contribution >= 0.6 is 11.6 Å². The van der Waals surface area contributed by atoms with Crippen molar-refractivity contribution in [3.63, 3.8) is 0 Å². The SMILES string of the molecule is CNC(=O)CC1=N/C(Cl)=C\CC\C(C)=C\1. The largest absolute Gasteiger partial charge is 0.359 e. The standard InChI is InChI=1S/C11H15ClN2O/c1-8-4-3-5-10(12)14-9(6-8)7-11(15)13-2/h5-6H,3-4,7H2,1-2H3,(H,13,15)/b8-6+,10-5-,14-9+. The summed E-state index contributed by atoms with van der Waals surface area (Å²) in [5.41, 5.74) is 1.94. The summed E-state index contributed by atoms with van der Waals surface area (Å²) in [5, 5.41) is 3.04. The van der Waals surface area contributed by atoms with Gasteiger partial charge in [-0.15, -0.1) is 0 Å². The van der Waals surface area contributed by atoms with E-state index >= 15 is 0 Å². The van der Waals surface area contributed by atoms with Gasteiger partial charge < -0.3 is 5.32 Å². The Labute approximate surface area is 94.9 Å². The summed E-state index contributed by atoms with van der Waals surface area (Å²) in [6.45, 7) is 2.03. The van der Waals surface area contributed by atoms with Crippen LogP contribution in [-0.2, 0) is 4.79 Å². The number of halogens is 1. The number of allylic oxidation sites excluding steroid dienone is 3. The van der Waals surface area contributed by atoms with Crippen LogP contribution in [0.2, 0.25) is 0 Å². The minimum atomic E-state index is -0.0529. The first-order valence-electron chi connectivity index (χ1n) is 4.93. The molecule has 1 rings (SSSR count). The van der Waals surface area contributed by atoms with Crippen molar-refractivity contribution in [1.82, 2.24) is 5.32 Å². The van der Waals surface area contributed by atoms with Crippen LogP contribution in [0.3, 0.4) is 0 Å². The molecule has 1 heterocycles. The van der Waals surface area contributed by atoms with Gasteiger partial charge in [-0.05, 0) is 31.9 Å². The minimum Gasteiger partial charge on any atom is -0.359 e. The van der Waals surface area contributed by atoms with Crippen LogP contribution in [-0.4, -0.2) is 18.7 Å². The van der Waals surface area contributed by atoms with Crippen LogP contribution in [0, 0.1) is 0 Å². The van der Waals surface area contributed by atoms with Gasteiger partial charge in [-0.1, -0.05) is 17.2 Å². The van der Waals surface area contributed by atoms with Crippen LogP contribution in [0.1, 0.15) is 26.2 Å². The molecule has 1 aliphatic heterocycles. The lowest BCUT2D eigenvalue weighted by atomic mass is 10.1. The summed E-state index contributed by atoms with van der Waals surface area (Å²) >= 11 is 5.88. The summed E-state index contributed by atoms with van der Waals surface area (Å²) < 4.78 is 0. The second kappa shape index (κ2) is 5.71. The van der Waals surface area contributed by atoms with Crippen LogP contribution < -0.4 is 5.32 Å². The van der Waals surface area contributed by atoms with Gasteiger partial charge in [-0.2, -0.15) is 0 Å². The molecule has 0 aromatic carbocycles. The Kier molecular flexibility index (Phi) is 4.56. The fourth-order valence-corrected chi connectivity index (χ4v) is 1.55. The van der Waals surface area contributed by atoms with Gasteiger partial charge in [0.25, 0.3) is 0 Å². The lowest BCUT2D eigenvalue weighted by molar-refractivity contribution is -0.119. The predicted molar refractivity (Wildman–Crippen MR) is 63.0 cm³/mol. The lowest BCUT2D eigenvalue weighted by Gasteiger charge is -2.06. The highest BCUT2D eigenvalue weighted by Gasteiger charge is 2.06. The predicted octanol–water partition coefficient (Wildman–Crippen LogP) is 2.38. The Morgan fingerprint density at radius 2 is 2.40 bits per heavy atom. The Balaban J connectivity index is 2.84. The summed E-state index contributed by atoms with van der Waals surface area (Å²) in [6.07, 6.45) is 5.95. The first-order valence-corrected chi connectivity index (χ1v) is 5.30. The summed E-state index contributed by atoms with van der Waals surface area (Å²) in [4.78, 5) is 15.4. The van der Waals surface area contributed by atoms with Crippen molar-refractivity contribution in [3.05, 3.63) is 22.9 Å². The molecule has 1 amide bonds. The maximum absolute atomic E-state index is 11.2. The molecule has 0 spiro atoms. The van der Waals surface area contributed by atoms with E-state index in [9.17, 15) is 4.79 Å². The number of hydrogen-bond donors (Lipinski definition) is 1. The highest BCUT2D eigenvalue weighted by Crippen LogP contribution is 2.15. The number of amides is 1. The minimum absolute atomic E-state index is 0.0529. The number of carbonyl (C=O) groups excluding carboxylic acids is 1. The lowest BCUT2D eigenvalue weighted by Crippen LogP contribution is -2.20. The molecule has 0 aromatic rings. The van der Waals surface area contributed by atoms with Gasteiger partial charge in [0.1, 0.15) is 5.16 Å². The molecule has 1 N–H and O–H groups in total. The number of aliphatic imine (C=N–C) groups is 1. The summed E-state index contributed by atoms with van der Waals surface area (Å²) in [7, 11) is 1.61. The molecule has 0 radical (unpaired) electrons. The van der Waals surface area contributed by atoms with Crippen LogP contribution in [0.15, 0.2) is 27.9 Å². The van der Waals surface area contributed by atoms with E-state index in [1.165, 1.54) is 5.57 Å². The Morgan fingerprint density at radius 3 is 3.07 bits per heavy atom. The maximum atomic E-state index is 11.2. The molecule has 0 aromatic heterocycles. The number of nitrogens with zero attached hydrogens (tertiary/aromatic N) is 1. The fourth-order valence-electron chi connectivity index (χ4n) is 1.33. The third kappa shape index (κ3) is 4.30. The molecular formula is C11H15ClN2O. The molecule has 0 bridgehead atoms. The monoisotopic (exact) mass is 226 g/mol. The first-order chi connectivity index (χ1) is 7.11. The van der Waals surface area contributed by atoms with E-state index in [2.05, 4.69) is 10.3 Å². The van der Waals surface area contributed by atoms with Crippen LogP contribution in [0.5, 0.6) is 0 Å². The molecule has 3 nitrogen and oxygen atoms in total. The van der Waals surface area contributed by atoms with Crippen molar-refractivity contribution in [3.8, 4) is 0 Å². The van der Waals surface area contributed by atoms with Crippen molar-refractivity contribution in [2.45, 2.75) is 26.2 Å². The molecular weight excluding hydrogens is 212 g/mol. The van der Waals surface area contributed by atoms with E-state index in [1.54, 1.807) is 7.05 Å². The molecule has 0 atom stereocenters. The Morgan fingerprint density at radius 1 is 1.67 bits per heavy atom. The van der Waals surface area contributed by atoms with E-state index in [-0.39, 0.29) is 12.3 Å². The van der Waals surface area contributed by atoms with E-state index in [0.717, 1.165) is 12.8 Å². The van der Waals surface area contributed by atoms with E-state index in [0.29, 0.717) is 10.9 Å². The van der Waals surface area contributed by atoms with E-state index in [1.807, 2.05) is 19.1 Å². The second-order valence-corrected chi connectivity index (χ2v) is 3.90. The molecule has 15 heavy (non-hydrogen) atoms. The smallest absolute Gasteiger partial charge is 0.225 e. The summed E-state index contributed by atoms with van der Waals surface area (Å²) in [5.74, 6) is -0.0529. The molecule has 0 aliphatic carbocycles. The summed E-state index contributed by atoms with van der Waals surface area (Å²) in [6, 6.07) is 0. The quantitative estimate of drug-likeness (QED) is 0.722. The van der Waals surface area contributed by atoms with Crippen LogP contribution in [0.4, 0.5) is 0 Å². The van der Waals surface area contributed by atoms with Gasteiger partial charge >= 0.3 is 0 Å². The number of carbonyl (C=O) groups is 1. The molecule has 0 fully saturated rings. The van der Waals surface area contributed by atoms with Gasteiger partial charge in [0, 0.05) is 7.05 Å². The number of hydrogen-bond acceptors (Lipinski definition) is 2. The highest BCUT2D eigenvalue weighted by atomic mass is 35.5. The van der Waals surface area contributed by atoms with Gasteiger partial charge in [0.05, 0.1) is 12.1 Å². The number of nitrogens with one attached hydrogen (secondary N) is 1. The van der Waals surface area contributed by atoms with Gasteiger partial charge in [0.15, 0.2) is 0 Å². The van der Waals surface area contributed by atoms with Crippen molar-refractivity contribution in [2.75, 3.05) is 7.05 Å². The zero-order chi connectivity index (χ0) is 11.3. The first kappa shape index (κ1) is 12.0. The van der Waals surface area contributed by atoms with Crippen LogP contribution in [0.25, 0.3) is 0 Å². The maximum Gasteiger partial charge on any atom is 0.225 e. The van der Waals surface area contributed by atoms with Crippen molar-refractivity contribution in [1.29, 1.82) is 0 Å². The topological polar surface area (TPSA) is 41.5 Å². The van der Waals surface area contributed by atoms with E-state index in [4.69, 9.17) is 11.6 Å². The van der Waals surface area contributed by atoms with Crippen molar-refractivity contribution >= 4 is 23.2 Å². The third-order valence-corrected chi connectivity index (χ3v) is 2.37. The van der Waals surface area contributed by atoms with Gasteiger partial charge in [0.2, 0.25) is 5.91 Å². The van der Waals surface area contributed by atoms with Crippen molar-refractivity contribution < 1.29 is 4.79 Å². The van der Waals surface area contributed by atoms with Crippen molar-refractivity contribution in [2.24, 2.45) is 4.99 Å². The molecule has 82 valence electrons. The second-order valence-electron chi connectivity index (χ2n) is 3.51. The molecule has 0 saturated heterocycles. The fraction of sp³-hybridized carbons (Fsp3) is 0.455. The zero-order valence-corrected chi connectivity index (χ0v) is 9.77. The van der Waals surface area contributed by atoms with Gasteiger partial charge in [-0.25, -0.2) is 4.99 Å².